The van der Waals surface area contributed by atoms with E-state index in [4.69, 9.17) is 9.47 Å². The van der Waals surface area contributed by atoms with Gasteiger partial charge in [-0.3, -0.25) is 14.6 Å². The number of carbonyl (C=O) groups excluding carboxylic acids is 2. The van der Waals surface area contributed by atoms with Crippen LogP contribution in [0.1, 0.15) is 23.0 Å². The van der Waals surface area contributed by atoms with Gasteiger partial charge in [0.15, 0.2) is 0 Å². The third kappa shape index (κ3) is 5.01. The molecule has 0 saturated heterocycles. The molecule has 1 amide bonds. The van der Waals surface area contributed by atoms with E-state index >= 15 is 0 Å². The Morgan fingerprint density at radius 2 is 1.80 bits per heavy atom. The number of sulfonamides is 1. The number of nitrogens with zero attached hydrogens (tertiary/aromatic N) is 1. The lowest BCUT2D eigenvalue weighted by molar-refractivity contribution is -0.142. The highest BCUT2D eigenvalue weighted by molar-refractivity contribution is 7.90. The van der Waals surface area contributed by atoms with Crippen LogP contribution in [0.2, 0.25) is 0 Å². The maximum atomic E-state index is 12.2. The van der Waals surface area contributed by atoms with Gasteiger partial charge >= 0.3 is 5.97 Å². The van der Waals surface area contributed by atoms with Gasteiger partial charge < -0.3 is 9.47 Å². The molecule has 2 rings (SSSR count). The van der Waals surface area contributed by atoms with Crippen molar-refractivity contribution >= 4 is 21.9 Å². The number of ether oxygens (including phenoxy) is 2. The number of amides is 1. The number of esters is 1. The predicted molar refractivity (Wildman–Crippen MR) is 87.4 cm³/mol. The summed E-state index contributed by atoms with van der Waals surface area (Å²) in [5.41, 5.74) is 0.494. The third-order valence-electron chi connectivity index (χ3n) is 3.11. The minimum atomic E-state index is -4.02. The molecule has 0 fully saturated rings. The zero-order chi connectivity index (χ0) is 18.4. The molecule has 132 valence electrons. The molecule has 1 aromatic carbocycles. The summed E-state index contributed by atoms with van der Waals surface area (Å²) in [7, 11) is -2.55. The zero-order valence-electron chi connectivity index (χ0n) is 13.6. The summed E-state index contributed by atoms with van der Waals surface area (Å²) in [6.07, 6.45) is 1.21. The zero-order valence-corrected chi connectivity index (χ0v) is 14.4. The number of carbonyl (C=O) groups is 2. The maximum Gasteiger partial charge on any atom is 0.303 e. The molecule has 0 aliphatic heterocycles. The van der Waals surface area contributed by atoms with Crippen LogP contribution in [0.3, 0.4) is 0 Å². The Balaban J connectivity index is 2.08. The molecule has 0 bridgehead atoms. The number of pyridine rings is 1. The quantitative estimate of drug-likeness (QED) is 0.768. The van der Waals surface area contributed by atoms with E-state index in [0.717, 1.165) is 0 Å². The molecule has 1 aromatic heterocycles. The Labute approximate surface area is 144 Å². The predicted octanol–water partition coefficient (Wildman–Crippen LogP) is 1.27. The Kier molecular flexibility index (Phi) is 5.71. The average molecular weight is 364 g/mol. The first-order valence-electron chi connectivity index (χ1n) is 7.11. The molecule has 0 spiro atoms. The Morgan fingerprint density at radius 3 is 2.32 bits per heavy atom. The van der Waals surface area contributed by atoms with Gasteiger partial charge in [-0.2, -0.15) is 0 Å². The molecule has 1 N–H and O–H groups in total. The summed E-state index contributed by atoms with van der Waals surface area (Å²) in [5.74, 6) is -0.769. The van der Waals surface area contributed by atoms with E-state index in [-0.39, 0.29) is 17.1 Å². The van der Waals surface area contributed by atoms with E-state index in [2.05, 4.69) is 4.98 Å². The third-order valence-corrected chi connectivity index (χ3v) is 4.45. The fraction of sp³-hybridized carbons (Fsp3) is 0.188. The van der Waals surface area contributed by atoms with Gasteiger partial charge in [-0.25, -0.2) is 13.1 Å². The van der Waals surface area contributed by atoms with E-state index in [1.54, 1.807) is 0 Å². The van der Waals surface area contributed by atoms with Crippen LogP contribution in [-0.2, 0) is 26.2 Å². The second-order valence-corrected chi connectivity index (χ2v) is 6.61. The molecular formula is C16H16N2O6S. The van der Waals surface area contributed by atoms with Crippen LogP contribution in [0.5, 0.6) is 5.75 Å². The van der Waals surface area contributed by atoms with Crippen molar-refractivity contribution in [1.29, 1.82) is 0 Å². The van der Waals surface area contributed by atoms with Crippen LogP contribution in [0.4, 0.5) is 0 Å². The van der Waals surface area contributed by atoms with Gasteiger partial charge in [0.2, 0.25) is 0 Å². The minimum Gasteiger partial charge on any atom is -0.497 e. The van der Waals surface area contributed by atoms with Gasteiger partial charge in [0.05, 0.1) is 23.3 Å². The van der Waals surface area contributed by atoms with Crippen molar-refractivity contribution < 1.29 is 27.5 Å². The topological polar surface area (TPSA) is 112 Å². The molecule has 9 heteroatoms. The van der Waals surface area contributed by atoms with Crippen LogP contribution in [0.25, 0.3) is 0 Å². The van der Waals surface area contributed by atoms with Crippen LogP contribution >= 0.6 is 0 Å². The van der Waals surface area contributed by atoms with Crippen molar-refractivity contribution in [2.24, 2.45) is 0 Å². The molecule has 0 unspecified atom stereocenters. The van der Waals surface area contributed by atoms with E-state index in [9.17, 15) is 18.0 Å². The monoisotopic (exact) mass is 364 g/mol. The van der Waals surface area contributed by atoms with E-state index in [1.807, 2.05) is 4.72 Å². The fourth-order valence-corrected chi connectivity index (χ4v) is 2.79. The molecule has 1 heterocycles. The van der Waals surface area contributed by atoms with Crippen molar-refractivity contribution in [1.82, 2.24) is 9.71 Å². The van der Waals surface area contributed by atoms with Crippen LogP contribution in [-0.4, -0.2) is 32.4 Å². The van der Waals surface area contributed by atoms with E-state index < -0.39 is 21.9 Å². The number of hydrogen-bond acceptors (Lipinski definition) is 7. The highest BCUT2D eigenvalue weighted by atomic mass is 32.2. The SMILES string of the molecule is COc1ccc(S(=O)(=O)NC(=O)c2ccc(COC(C)=O)nc2)cc1. The second-order valence-electron chi connectivity index (χ2n) is 4.93. The summed E-state index contributed by atoms with van der Waals surface area (Å²) < 4.78 is 36.1. The normalized spacial score (nSPS) is 10.8. The largest absolute Gasteiger partial charge is 0.497 e. The van der Waals surface area contributed by atoms with Crippen LogP contribution in [0, 0.1) is 0 Å². The highest BCUT2D eigenvalue weighted by Gasteiger charge is 2.19. The molecule has 25 heavy (non-hydrogen) atoms. The van der Waals surface area contributed by atoms with Crippen molar-refractivity contribution in [3.63, 3.8) is 0 Å². The number of aromatic nitrogens is 1. The summed E-state index contributed by atoms with van der Waals surface area (Å²) in [6, 6.07) is 8.47. The van der Waals surface area contributed by atoms with Crippen molar-refractivity contribution in [3.05, 3.63) is 53.9 Å². The Bertz CT molecular complexity index is 861. The molecular weight excluding hydrogens is 348 g/mol. The standard InChI is InChI=1S/C16H16N2O6S/c1-11(19)24-10-13-4-3-12(9-17-13)16(20)18-25(21,22)15-7-5-14(23-2)6-8-15/h3-9H,10H2,1-2H3,(H,18,20). The van der Waals surface area contributed by atoms with Gasteiger partial charge in [0.25, 0.3) is 15.9 Å². The maximum absolute atomic E-state index is 12.2. The van der Waals surface area contributed by atoms with Gasteiger partial charge in [-0.05, 0) is 36.4 Å². The summed E-state index contributed by atoms with van der Waals surface area (Å²) in [6.45, 7) is 1.24. The minimum absolute atomic E-state index is 0.0264. The molecule has 0 radical (unpaired) electrons. The molecule has 0 aliphatic rings. The lowest BCUT2D eigenvalue weighted by Gasteiger charge is -2.08. The molecule has 2 aromatic rings. The molecule has 0 atom stereocenters. The number of rotatable bonds is 6. The molecule has 8 nitrogen and oxygen atoms in total. The van der Waals surface area contributed by atoms with Crippen LogP contribution < -0.4 is 9.46 Å². The first-order valence-corrected chi connectivity index (χ1v) is 8.59. The second kappa shape index (κ2) is 7.75. The fourth-order valence-electron chi connectivity index (χ4n) is 1.81. The number of hydrogen-bond donors (Lipinski definition) is 1. The Morgan fingerprint density at radius 1 is 1.12 bits per heavy atom. The van der Waals surface area contributed by atoms with E-state index in [1.165, 1.54) is 56.6 Å². The lowest BCUT2D eigenvalue weighted by atomic mass is 10.2. The molecule has 0 aliphatic carbocycles. The Hall–Kier alpha value is -2.94. The van der Waals surface area contributed by atoms with E-state index in [0.29, 0.717) is 11.4 Å². The average Bonchev–Trinajstić information content (AvgIpc) is 2.60. The number of benzene rings is 1. The van der Waals surface area contributed by atoms with Crippen molar-refractivity contribution in [2.45, 2.75) is 18.4 Å². The summed E-state index contributed by atoms with van der Waals surface area (Å²) in [4.78, 5) is 26.7. The van der Waals surface area contributed by atoms with Gasteiger partial charge in [-0.1, -0.05) is 0 Å². The van der Waals surface area contributed by atoms with Crippen LogP contribution in [0.15, 0.2) is 47.5 Å². The van der Waals surface area contributed by atoms with Crippen molar-refractivity contribution in [2.75, 3.05) is 7.11 Å². The number of methoxy groups -OCH3 is 1. The highest BCUT2D eigenvalue weighted by Crippen LogP contribution is 2.15. The van der Waals surface area contributed by atoms with Gasteiger partial charge in [-0.15, -0.1) is 0 Å². The first-order chi connectivity index (χ1) is 11.8. The smallest absolute Gasteiger partial charge is 0.303 e. The summed E-state index contributed by atoms with van der Waals surface area (Å²) in [5, 5.41) is 0. The van der Waals surface area contributed by atoms with Gasteiger partial charge in [0, 0.05) is 13.1 Å². The summed E-state index contributed by atoms with van der Waals surface area (Å²) >= 11 is 0. The van der Waals surface area contributed by atoms with Gasteiger partial charge in [0.1, 0.15) is 12.4 Å². The van der Waals surface area contributed by atoms with Crippen molar-refractivity contribution in [3.8, 4) is 5.75 Å². The number of nitrogens with one attached hydrogen (secondary N) is 1. The first kappa shape index (κ1) is 18.4. The lowest BCUT2D eigenvalue weighted by Crippen LogP contribution is -2.30. The molecule has 0 saturated carbocycles.